The maximum Gasteiger partial charge on any atom is 0.416 e. The lowest BCUT2D eigenvalue weighted by atomic mass is 10.1. The van der Waals surface area contributed by atoms with Crippen molar-refractivity contribution in [2.75, 3.05) is 31.1 Å². The number of alkyl halides is 3. The third-order valence-electron chi connectivity index (χ3n) is 4.26. The van der Waals surface area contributed by atoms with Crippen molar-refractivity contribution in [3.05, 3.63) is 50.0 Å². The summed E-state index contributed by atoms with van der Waals surface area (Å²) in [4.78, 5) is 18.9. The lowest BCUT2D eigenvalue weighted by molar-refractivity contribution is -0.384. The Balaban J connectivity index is 1.71. The van der Waals surface area contributed by atoms with Gasteiger partial charge in [-0.3, -0.25) is 15.0 Å². The molecule has 0 spiro atoms. The highest BCUT2D eigenvalue weighted by molar-refractivity contribution is 7.09. The Labute approximate surface area is 152 Å². The number of piperazine rings is 1. The molecule has 0 amide bonds. The molecular formula is C16H17F3N4O2S. The van der Waals surface area contributed by atoms with Gasteiger partial charge in [0.15, 0.2) is 0 Å². The Morgan fingerprint density at radius 3 is 2.50 bits per heavy atom. The van der Waals surface area contributed by atoms with Crippen LogP contribution in [0.1, 0.15) is 16.3 Å². The second-order valence-electron chi connectivity index (χ2n) is 6.08. The summed E-state index contributed by atoms with van der Waals surface area (Å²) >= 11 is 1.58. The molecule has 0 N–H and O–H groups in total. The summed E-state index contributed by atoms with van der Waals surface area (Å²) in [5.74, 6) is 0. The van der Waals surface area contributed by atoms with Gasteiger partial charge in [-0.25, -0.2) is 4.98 Å². The molecule has 1 aliphatic heterocycles. The zero-order valence-electron chi connectivity index (χ0n) is 14.0. The highest BCUT2D eigenvalue weighted by Gasteiger charge is 2.34. The van der Waals surface area contributed by atoms with Gasteiger partial charge in [0.25, 0.3) is 5.69 Å². The number of benzene rings is 1. The summed E-state index contributed by atoms with van der Waals surface area (Å²) < 4.78 is 38.5. The zero-order chi connectivity index (χ0) is 18.9. The van der Waals surface area contributed by atoms with Crippen LogP contribution >= 0.6 is 11.3 Å². The van der Waals surface area contributed by atoms with Gasteiger partial charge in [0.1, 0.15) is 5.69 Å². The van der Waals surface area contributed by atoms with E-state index in [0.717, 1.165) is 16.8 Å². The molecule has 2 aromatic rings. The molecular weight excluding hydrogens is 369 g/mol. The van der Waals surface area contributed by atoms with Gasteiger partial charge in [-0.15, -0.1) is 11.3 Å². The minimum absolute atomic E-state index is 0.229. The van der Waals surface area contributed by atoms with Gasteiger partial charge >= 0.3 is 6.18 Å². The molecule has 0 radical (unpaired) electrons. The molecule has 0 atom stereocenters. The topological polar surface area (TPSA) is 62.5 Å². The van der Waals surface area contributed by atoms with Gasteiger partial charge < -0.3 is 4.90 Å². The zero-order valence-corrected chi connectivity index (χ0v) is 14.8. The maximum atomic E-state index is 12.8. The molecule has 10 heteroatoms. The van der Waals surface area contributed by atoms with E-state index in [1.807, 2.05) is 12.3 Å². The van der Waals surface area contributed by atoms with Crippen LogP contribution in [-0.2, 0) is 12.7 Å². The number of halogens is 3. The Bertz CT molecular complexity index is 801. The number of hydrogen-bond acceptors (Lipinski definition) is 6. The molecule has 1 aromatic heterocycles. The number of thiazole rings is 1. The van der Waals surface area contributed by atoms with Crippen LogP contribution in [-0.4, -0.2) is 41.0 Å². The number of aromatic nitrogens is 1. The number of anilines is 1. The fourth-order valence-electron chi connectivity index (χ4n) is 2.97. The average Bonchev–Trinajstić information content (AvgIpc) is 2.99. The monoisotopic (exact) mass is 386 g/mol. The van der Waals surface area contributed by atoms with Crippen molar-refractivity contribution >= 4 is 22.7 Å². The second-order valence-corrected chi connectivity index (χ2v) is 7.14. The summed E-state index contributed by atoms with van der Waals surface area (Å²) in [6.07, 6.45) is -4.60. The first-order valence-corrected chi connectivity index (χ1v) is 8.86. The van der Waals surface area contributed by atoms with Crippen molar-refractivity contribution in [2.24, 2.45) is 0 Å². The molecule has 0 aliphatic carbocycles. The van der Waals surface area contributed by atoms with Crippen LogP contribution in [0.5, 0.6) is 0 Å². The maximum absolute atomic E-state index is 12.8. The second kappa shape index (κ2) is 7.20. The van der Waals surface area contributed by atoms with Crippen LogP contribution in [0.15, 0.2) is 23.6 Å². The predicted octanol–water partition coefficient (Wildman–Crippen LogP) is 3.70. The SMILES string of the molecule is Cc1nc(CN2CCN(c3ccc(C(F)(F)F)cc3[N+](=O)[O-])CC2)cs1. The Morgan fingerprint density at radius 1 is 1.27 bits per heavy atom. The molecule has 1 aliphatic rings. The smallest absolute Gasteiger partial charge is 0.363 e. The van der Waals surface area contributed by atoms with Crippen molar-refractivity contribution in [3.8, 4) is 0 Å². The fraction of sp³-hybridized carbons (Fsp3) is 0.438. The van der Waals surface area contributed by atoms with E-state index < -0.39 is 22.4 Å². The molecule has 1 fully saturated rings. The summed E-state index contributed by atoms with van der Waals surface area (Å²) in [5, 5.41) is 14.2. The van der Waals surface area contributed by atoms with Gasteiger partial charge in [-0.05, 0) is 19.1 Å². The summed E-state index contributed by atoms with van der Waals surface area (Å²) in [5.41, 5.74) is -0.303. The summed E-state index contributed by atoms with van der Waals surface area (Å²) in [6.45, 7) is 4.98. The first kappa shape index (κ1) is 18.6. The number of nitrogens with zero attached hydrogens (tertiary/aromatic N) is 4. The van der Waals surface area contributed by atoms with E-state index in [9.17, 15) is 23.3 Å². The first-order chi connectivity index (χ1) is 12.2. The lowest BCUT2D eigenvalue weighted by Gasteiger charge is -2.35. The number of aryl methyl sites for hydroxylation is 1. The highest BCUT2D eigenvalue weighted by Crippen LogP contribution is 2.36. The molecule has 3 rings (SSSR count). The Hall–Kier alpha value is -2.20. The minimum Gasteiger partial charge on any atom is -0.363 e. The summed E-state index contributed by atoms with van der Waals surface area (Å²) in [7, 11) is 0. The van der Waals surface area contributed by atoms with E-state index in [-0.39, 0.29) is 5.69 Å². The van der Waals surface area contributed by atoms with Crippen LogP contribution < -0.4 is 4.90 Å². The van der Waals surface area contributed by atoms with Crippen LogP contribution in [0, 0.1) is 17.0 Å². The van der Waals surface area contributed by atoms with E-state index in [2.05, 4.69) is 9.88 Å². The number of nitro benzene ring substituents is 1. The molecule has 6 nitrogen and oxygen atoms in total. The van der Waals surface area contributed by atoms with Gasteiger partial charge in [-0.2, -0.15) is 13.2 Å². The van der Waals surface area contributed by atoms with Crippen molar-refractivity contribution in [1.29, 1.82) is 0 Å². The van der Waals surface area contributed by atoms with Gasteiger partial charge in [0, 0.05) is 44.2 Å². The lowest BCUT2D eigenvalue weighted by Crippen LogP contribution is -2.46. The van der Waals surface area contributed by atoms with E-state index in [1.165, 1.54) is 6.07 Å². The van der Waals surface area contributed by atoms with Crippen molar-refractivity contribution in [3.63, 3.8) is 0 Å². The number of nitro groups is 1. The molecule has 0 bridgehead atoms. The van der Waals surface area contributed by atoms with Gasteiger partial charge in [0.2, 0.25) is 0 Å². The van der Waals surface area contributed by atoms with Crippen molar-refractivity contribution < 1.29 is 18.1 Å². The Kier molecular flexibility index (Phi) is 5.15. The minimum atomic E-state index is -4.60. The molecule has 1 saturated heterocycles. The molecule has 1 aromatic carbocycles. The largest absolute Gasteiger partial charge is 0.416 e. The van der Waals surface area contributed by atoms with E-state index in [0.29, 0.717) is 38.8 Å². The van der Waals surface area contributed by atoms with E-state index in [1.54, 1.807) is 16.2 Å². The highest BCUT2D eigenvalue weighted by atomic mass is 32.1. The quantitative estimate of drug-likeness (QED) is 0.592. The normalized spacial score (nSPS) is 16.1. The van der Waals surface area contributed by atoms with Crippen LogP contribution in [0.2, 0.25) is 0 Å². The third-order valence-corrected chi connectivity index (χ3v) is 5.09. The van der Waals surface area contributed by atoms with Crippen molar-refractivity contribution in [1.82, 2.24) is 9.88 Å². The van der Waals surface area contributed by atoms with E-state index in [4.69, 9.17) is 0 Å². The molecule has 0 unspecified atom stereocenters. The van der Waals surface area contributed by atoms with Gasteiger partial charge in [0.05, 0.1) is 21.2 Å². The third kappa shape index (κ3) is 4.13. The molecule has 26 heavy (non-hydrogen) atoms. The number of rotatable bonds is 4. The standard InChI is InChI=1S/C16H17F3N4O2S/c1-11-20-13(10-26-11)9-21-4-6-22(7-5-21)14-3-2-12(16(17,18)19)8-15(14)23(24)25/h2-3,8,10H,4-7,9H2,1H3. The molecule has 140 valence electrons. The van der Waals surface area contributed by atoms with Gasteiger partial charge in [-0.1, -0.05) is 0 Å². The molecule has 0 saturated carbocycles. The molecule has 2 heterocycles. The van der Waals surface area contributed by atoms with Crippen LogP contribution in [0.3, 0.4) is 0 Å². The predicted molar refractivity (Wildman–Crippen MR) is 92.4 cm³/mol. The van der Waals surface area contributed by atoms with E-state index >= 15 is 0 Å². The first-order valence-electron chi connectivity index (χ1n) is 7.98. The average molecular weight is 386 g/mol. The Morgan fingerprint density at radius 2 is 1.96 bits per heavy atom. The van der Waals surface area contributed by atoms with Crippen LogP contribution in [0.25, 0.3) is 0 Å². The van der Waals surface area contributed by atoms with Crippen LogP contribution in [0.4, 0.5) is 24.5 Å². The fourth-order valence-corrected chi connectivity index (χ4v) is 3.57. The van der Waals surface area contributed by atoms with Crippen molar-refractivity contribution in [2.45, 2.75) is 19.6 Å². The summed E-state index contributed by atoms with van der Waals surface area (Å²) in [6, 6.07) is 2.70. The number of hydrogen-bond donors (Lipinski definition) is 0.